The zero-order valence-electron chi connectivity index (χ0n) is 11.7. The maximum atomic E-state index is 10.7. The molecule has 0 aromatic heterocycles. The first-order chi connectivity index (χ1) is 8.59. The molecule has 1 aliphatic carbocycles. The second-order valence-electron chi connectivity index (χ2n) is 5.58. The molecular formula is C16H24O2. The highest BCUT2D eigenvalue weighted by Gasteiger charge is 2.39. The van der Waals surface area contributed by atoms with Crippen LogP contribution in [0.25, 0.3) is 0 Å². The number of aliphatic hydroxyl groups excluding tert-OH is 1. The van der Waals surface area contributed by atoms with Crippen molar-refractivity contribution < 1.29 is 9.84 Å². The van der Waals surface area contributed by atoms with E-state index in [0.717, 1.165) is 31.2 Å². The van der Waals surface area contributed by atoms with E-state index < -0.39 is 6.10 Å². The first kappa shape index (κ1) is 13.6. The maximum Gasteiger partial charge on any atom is 0.108 e. The molecule has 0 bridgehead atoms. The Kier molecular flexibility index (Phi) is 4.08. The van der Waals surface area contributed by atoms with Gasteiger partial charge in [0, 0.05) is 7.11 Å². The molecule has 2 heteroatoms. The van der Waals surface area contributed by atoms with Crippen LogP contribution in [0, 0.1) is 13.8 Å². The second-order valence-corrected chi connectivity index (χ2v) is 5.58. The molecule has 1 aliphatic rings. The van der Waals surface area contributed by atoms with Crippen LogP contribution in [0.4, 0.5) is 0 Å². The molecule has 0 aliphatic heterocycles. The molecule has 0 radical (unpaired) electrons. The highest BCUT2D eigenvalue weighted by atomic mass is 16.5. The number of hydrogen-bond acceptors (Lipinski definition) is 2. The molecule has 1 atom stereocenters. The molecule has 1 N–H and O–H groups in total. The standard InChI is InChI=1S/C16H24O2/c1-12-7-8-14(11-13(12)2)15(17)16(18-3)9-5-4-6-10-16/h7-8,11,15,17H,4-6,9-10H2,1-3H3. The Morgan fingerprint density at radius 3 is 2.33 bits per heavy atom. The Labute approximate surface area is 110 Å². The molecule has 1 fully saturated rings. The third-order valence-corrected chi connectivity index (χ3v) is 4.45. The summed E-state index contributed by atoms with van der Waals surface area (Å²) >= 11 is 0. The average molecular weight is 248 g/mol. The van der Waals surface area contributed by atoms with Gasteiger partial charge in [0.15, 0.2) is 0 Å². The van der Waals surface area contributed by atoms with Crippen molar-refractivity contribution in [3.8, 4) is 0 Å². The van der Waals surface area contributed by atoms with Gasteiger partial charge in [-0.05, 0) is 43.4 Å². The summed E-state index contributed by atoms with van der Waals surface area (Å²) in [4.78, 5) is 0. The first-order valence-electron chi connectivity index (χ1n) is 6.89. The number of ether oxygens (including phenoxy) is 1. The molecule has 0 saturated heterocycles. The van der Waals surface area contributed by atoms with Crippen molar-refractivity contribution in [3.63, 3.8) is 0 Å². The number of aliphatic hydroxyl groups is 1. The van der Waals surface area contributed by atoms with Gasteiger partial charge in [-0.2, -0.15) is 0 Å². The van der Waals surface area contributed by atoms with Crippen LogP contribution in [-0.2, 0) is 4.74 Å². The molecule has 1 saturated carbocycles. The van der Waals surface area contributed by atoms with Crippen LogP contribution in [-0.4, -0.2) is 17.8 Å². The normalized spacial score (nSPS) is 20.7. The molecule has 0 spiro atoms. The van der Waals surface area contributed by atoms with Crippen molar-refractivity contribution in [1.82, 2.24) is 0 Å². The van der Waals surface area contributed by atoms with Gasteiger partial charge >= 0.3 is 0 Å². The second kappa shape index (κ2) is 5.41. The predicted molar refractivity (Wildman–Crippen MR) is 73.7 cm³/mol. The van der Waals surface area contributed by atoms with E-state index in [9.17, 15) is 5.11 Å². The van der Waals surface area contributed by atoms with Gasteiger partial charge in [0.2, 0.25) is 0 Å². The van der Waals surface area contributed by atoms with Gasteiger partial charge in [0.25, 0.3) is 0 Å². The van der Waals surface area contributed by atoms with E-state index >= 15 is 0 Å². The Morgan fingerprint density at radius 2 is 1.78 bits per heavy atom. The third-order valence-electron chi connectivity index (χ3n) is 4.45. The van der Waals surface area contributed by atoms with Crippen LogP contribution in [0.15, 0.2) is 18.2 Å². The Hall–Kier alpha value is -0.860. The quantitative estimate of drug-likeness (QED) is 0.884. The van der Waals surface area contributed by atoms with Gasteiger partial charge in [0.05, 0.1) is 5.60 Å². The topological polar surface area (TPSA) is 29.5 Å². The predicted octanol–water partition coefficient (Wildman–Crippen LogP) is 3.69. The van der Waals surface area contributed by atoms with Crippen LogP contribution < -0.4 is 0 Å². The van der Waals surface area contributed by atoms with Crippen molar-refractivity contribution >= 4 is 0 Å². The zero-order chi connectivity index (χ0) is 13.2. The van der Waals surface area contributed by atoms with Gasteiger partial charge in [-0.15, -0.1) is 0 Å². The fourth-order valence-corrected chi connectivity index (χ4v) is 2.98. The lowest BCUT2D eigenvalue weighted by atomic mass is 9.78. The van der Waals surface area contributed by atoms with Crippen LogP contribution in [0.1, 0.15) is 54.9 Å². The SMILES string of the molecule is COC1(C(O)c2ccc(C)c(C)c2)CCCCC1. The molecule has 1 aromatic carbocycles. The van der Waals surface area contributed by atoms with E-state index in [1.165, 1.54) is 17.5 Å². The lowest BCUT2D eigenvalue weighted by Gasteiger charge is -2.40. The van der Waals surface area contributed by atoms with Gasteiger partial charge in [-0.25, -0.2) is 0 Å². The molecular weight excluding hydrogens is 224 g/mol. The van der Waals surface area contributed by atoms with Crippen LogP contribution in [0.2, 0.25) is 0 Å². The molecule has 1 unspecified atom stereocenters. The van der Waals surface area contributed by atoms with E-state index in [2.05, 4.69) is 26.0 Å². The molecule has 0 heterocycles. The summed E-state index contributed by atoms with van der Waals surface area (Å²) in [5.74, 6) is 0. The van der Waals surface area contributed by atoms with E-state index in [-0.39, 0.29) is 5.60 Å². The van der Waals surface area contributed by atoms with Gasteiger partial charge in [-0.1, -0.05) is 37.5 Å². The lowest BCUT2D eigenvalue weighted by Crippen LogP contribution is -2.40. The summed E-state index contributed by atoms with van der Waals surface area (Å²) < 4.78 is 5.72. The summed E-state index contributed by atoms with van der Waals surface area (Å²) in [6.45, 7) is 4.18. The first-order valence-corrected chi connectivity index (χ1v) is 6.89. The van der Waals surface area contributed by atoms with E-state index in [4.69, 9.17) is 4.74 Å². The maximum absolute atomic E-state index is 10.7. The summed E-state index contributed by atoms with van der Waals surface area (Å²) in [6.07, 6.45) is 4.95. The minimum absolute atomic E-state index is 0.375. The Balaban J connectivity index is 2.27. The Bertz CT molecular complexity index is 406. The largest absolute Gasteiger partial charge is 0.385 e. The fourth-order valence-electron chi connectivity index (χ4n) is 2.98. The van der Waals surface area contributed by atoms with Crippen LogP contribution in [0.5, 0.6) is 0 Å². The van der Waals surface area contributed by atoms with Crippen molar-refractivity contribution in [1.29, 1.82) is 0 Å². The fraction of sp³-hybridized carbons (Fsp3) is 0.625. The van der Waals surface area contributed by atoms with Crippen molar-refractivity contribution in [2.75, 3.05) is 7.11 Å². The number of hydrogen-bond donors (Lipinski definition) is 1. The van der Waals surface area contributed by atoms with E-state index in [0.29, 0.717) is 0 Å². The molecule has 1 aromatic rings. The molecule has 2 nitrogen and oxygen atoms in total. The van der Waals surface area contributed by atoms with Crippen molar-refractivity contribution in [3.05, 3.63) is 34.9 Å². The summed E-state index contributed by atoms with van der Waals surface area (Å²) in [5.41, 5.74) is 3.11. The summed E-state index contributed by atoms with van der Waals surface area (Å²) in [5, 5.41) is 10.7. The monoisotopic (exact) mass is 248 g/mol. The number of benzene rings is 1. The van der Waals surface area contributed by atoms with Crippen molar-refractivity contribution in [2.24, 2.45) is 0 Å². The molecule has 2 rings (SSSR count). The highest BCUT2D eigenvalue weighted by Crippen LogP contribution is 2.41. The van der Waals surface area contributed by atoms with Gasteiger partial charge < -0.3 is 9.84 Å². The van der Waals surface area contributed by atoms with E-state index in [1.54, 1.807) is 7.11 Å². The van der Waals surface area contributed by atoms with E-state index in [1.807, 2.05) is 6.07 Å². The average Bonchev–Trinajstić information content (AvgIpc) is 2.42. The van der Waals surface area contributed by atoms with Crippen LogP contribution in [0.3, 0.4) is 0 Å². The number of methoxy groups -OCH3 is 1. The third kappa shape index (κ3) is 2.45. The Morgan fingerprint density at radius 1 is 1.11 bits per heavy atom. The highest BCUT2D eigenvalue weighted by molar-refractivity contribution is 5.32. The molecule has 0 amide bonds. The van der Waals surface area contributed by atoms with Gasteiger partial charge in [-0.3, -0.25) is 0 Å². The van der Waals surface area contributed by atoms with Crippen molar-refractivity contribution in [2.45, 2.75) is 57.7 Å². The minimum Gasteiger partial charge on any atom is -0.385 e. The smallest absolute Gasteiger partial charge is 0.108 e. The lowest BCUT2D eigenvalue weighted by molar-refractivity contribution is -0.125. The molecule has 18 heavy (non-hydrogen) atoms. The van der Waals surface area contributed by atoms with Crippen LogP contribution >= 0.6 is 0 Å². The summed E-state index contributed by atoms with van der Waals surface area (Å²) in [6, 6.07) is 6.21. The van der Waals surface area contributed by atoms with Gasteiger partial charge in [0.1, 0.15) is 6.10 Å². The number of rotatable bonds is 3. The number of aryl methyl sites for hydroxylation is 2. The molecule has 100 valence electrons. The zero-order valence-corrected chi connectivity index (χ0v) is 11.7. The summed E-state index contributed by atoms with van der Waals surface area (Å²) in [7, 11) is 1.73. The minimum atomic E-state index is -0.512.